The lowest BCUT2D eigenvalue weighted by Crippen LogP contribution is -2.61. The largest absolute Gasteiger partial charge is 0.508 e. The van der Waals surface area contributed by atoms with Gasteiger partial charge in [0.25, 0.3) is 0 Å². The molecule has 2 aliphatic rings. The minimum atomic E-state index is -1.97. The van der Waals surface area contributed by atoms with E-state index in [2.05, 4.69) is 0 Å². The van der Waals surface area contributed by atoms with Crippen LogP contribution in [0.2, 0.25) is 0 Å². The second kappa shape index (κ2) is 18.4. The van der Waals surface area contributed by atoms with E-state index in [4.69, 9.17) is 32.5 Å². The Morgan fingerprint density at radius 2 is 1.09 bits per heavy atom. The smallest absolute Gasteiger partial charge is 0.239 e. The van der Waals surface area contributed by atoms with E-state index in [1.807, 2.05) is 0 Å². The van der Waals surface area contributed by atoms with E-state index in [0.717, 1.165) is 36.4 Å². The zero-order valence-corrected chi connectivity index (χ0v) is 34.2. The van der Waals surface area contributed by atoms with Crippen molar-refractivity contribution in [3.05, 3.63) is 81.1 Å². The Balaban J connectivity index is 0.000000236. The number of ether oxygens (including phenoxy) is 5. The molecule has 23 heteroatoms. The number of rotatable bonds is 8. The molecule has 4 heterocycles. The van der Waals surface area contributed by atoms with Gasteiger partial charge in [0.05, 0.1) is 19.8 Å². The molecule has 0 aliphatic carbocycles. The lowest BCUT2D eigenvalue weighted by Gasteiger charge is -2.42. The van der Waals surface area contributed by atoms with Gasteiger partial charge in [0.1, 0.15) is 87.7 Å². The predicted molar refractivity (Wildman–Crippen MR) is 221 cm³/mol. The summed E-state index contributed by atoms with van der Waals surface area (Å²) in [4.78, 5) is 25.8. The molecule has 2 aliphatic heterocycles. The predicted octanol–water partition coefficient (Wildman–Crippen LogP) is 0.604. The van der Waals surface area contributed by atoms with E-state index in [1.165, 1.54) is 38.3 Å². The van der Waals surface area contributed by atoms with Crippen LogP contribution in [-0.2, 0) is 14.2 Å². The Morgan fingerprint density at radius 1 is 0.545 bits per heavy atom. The number of fused-ring (bicyclic) bond motifs is 2. The molecule has 2 aromatic heterocycles. The Hall–Kier alpha value is -7.06. The van der Waals surface area contributed by atoms with Gasteiger partial charge in [-0.15, -0.1) is 0 Å². The van der Waals surface area contributed by atoms with E-state index >= 15 is 0 Å². The summed E-state index contributed by atoms with van der Waals surface area (Å²) in [6.45, 7) is 0.818. The first-order chi connectivity index (χ1) is 31.2. The molecule has 0 saturated carbocycles. The van der Waals surface area contributed by atoms with Crippen LogP contribution in [-0.4, -0.2) is 147 Å². The lowest BCUT2D eigenvalue weighted by atomic mass is 9.98. The van der Waals surface area contributed by atoms with Crippen molar-refractivity contribution in [1.29, 1.82) is 0 Å². The summed E-state index contributed by atoms with van der Waals surface area (Å²) in [7, 11) is 1.35. The van der Waals surface area contributed by atoms with Crippen LogP contribution in [0.15, 0.2) is 79.1 Å². The Labute approximate surface area is 368 Å². The van der Waals surface area contributed by atoms with Gasteiger partial charge < -0.3 is 104 Å². The van der Waals surface area contributed by atoms with Crippen molar-refractivity contribution in [2.75, 3.05) is 13.7 Å². The Morgan fingerprint density at radius 3 is 1.70 bits per heavy atom. The molecule has 0 amide bonds. The normalized spacial score (nSPS) is 25.3. The van der Waals surface area contributed by atoms with E-state index in [9.17, 15) is 81.1 Å². The molecule has 8 rings (SSSR count). The van der Waals surface area contributed by atoms with Crippen molar-refractivity contribution >= 4 is 21.9 Å². The van der Waals surface area contributed by atoms with Crippen LogP contribution in [0.1, 0.15) is 6.92 Å². The highest BCUT2D eigenvalue weighted by molar-refractivity contribution is 5.89. The van der Waals surface area contributed by atoms with Gasteiger partial charge in [-0.2, -0.15) is 0 Å². The van der Waals surface area contributed by atoms with Gasteiger partial charge in [0.15, 0.2) is 40.8 Å². The van der Waals surface area contributed by atoms with E-state index in [-0.39, 0.29) is 50.7 Å². The molecule has 10 atom stereocenters. The first kappa shape index (κ1) is 46.9. The van der Waals surface area contributed by atoms with Gasteiger partial charge in [0.2, 0.25) is 28.6 Å². The second-order valence-corrected chi connectivity index (χ2v) is 15.1. The number of phenolic OH excluding ortho intramolecular Hbond substituents is 7. The average molecular weight is 927 g/mol. The maximum Gasteiger partial charge on any atom is 0.239 e. The van der Waals surface area contributed by atoms with Crippen LogP contribution < -0.4 is 20.3 Å². The zero-order valence-electron chi connectivity index (χ0n) is 34.2. The van der Waals surface area contributed by atoms with Crippen molar-refractivity contribution in [2.24, 2.45) is 0 Å². The van der Waals surface area contributed by atoms with Gasteiger partial charge >= 0.3 is 0 Å². The van der Waals surface area contributed by atoms with Crippen LogP contribution >= 0.6 is 0 Å². The number of aliphatic hydroxyl groups is 6. The third-order valence-electron chi connectivity index (χ3n) is 10.7. The number of phenols is 7. The molecule has 0 spiro atoms. The van der Waals surface area contributed by atoms with E-state index in [0.29, 0.717) is 0 Å². The third kappa shape index (κ3) is 8.84. The van der Waals surface area contributed by atoms with Crippen LogP contribution in [0, 0.1) is 0 Å². The quantitative estimate of drug-likeness (QED) is 0.0929. The molecule has 23 nitrogen and oxygen atoms in total. The van der Waals surface area contributed by atoms with E-state index < -0.39 is 130 Å². The second-order valence-electron chi connectivity index (χ2n) is 15.1. The van der Waals surface area contributed by atoms with Gasteiger partial charge in [0, 0.05) is 35.4 Å². The standard InChI is InChI=1S/C27H30O16.C16H12O7/c1-8-17(32)20(35)22(37)26(40-8)39-7-15-18(33)21(36)23(38)27(42-15)43-25-19(34)16-13(31)5-10(28)6-14(16)41-24(25)9-2-3-11(29)12(30)4-9;1-22-11-4-7(2-3-9(11)18)16-15(21)14(20)13-10(19)5-8(17)6-12(13)23-16/h2-6,8,15,17-18,20-23,26-33,35-38H,7H2,1H3;2-6,17-19,21H,1H3/t8-,15+,17-,18+,20+,21-,22+,23+,26+,27-;/m0./s1. The molecule has 2 fully saturated rings. The highest BCUT2D eigenvalue weighted by Gasteiger charge is 2.48. The summed E-state index contributed by atoms with van der Waals surface area (Å²) in [5.74, 6) is -4.99. The molecule has 14 N–H and O–H groups in total. The van der Waals surface area contributed by atoms with Crippen LogP contribution in [0.5, 0.6) is 57.5 Å². The molecular formula is C43H42O23. The Bertz CT molecular complexity index is 2890. The van der Waals surface area contributed by atoms with E-state index in [1.54, 1.807) is 0 Å². The van der Waals surface area contributed by atoms with Crippen molar-refractivity contribution in [3.63, 3.8) is 0 Å². The molecule has 2 saturated heterocycles. The lowest BCUT2D eigenvalue weighted by molar-refractivity contribution is -0.318. The fourth-order valence-corrected chi connectivity index (χ4v) is 7.13. The molecule has 66 heavy (non-hydrogen) atoms. The molecule has 0 radical (unpaired) electrons. The minimum absolute atomic E-state index is 0.0313. The summed E-state index contributed by atoms with van der Waals surface area (Å²) in [6.07, 6.45) is -16.2. The van der Waals surface area contributed by atoms with Crippen molar-refractivity contribution in [2.45, 2.75) is 68.3 Å². The van der Waals surface area contributed by atoms with Crippen LogP contribution in [0.25, 0.3) is 44.6 Å². The Kier molecular flexibility index (Phi) is 13.1. The van der Waals surface area contributed by atoms with Crippen molar-refractivity contribution in [1.82, 2.24) is 0 Å². The van der Waals surface area contributed by atoms with Crippen molar-refractivity contribution in [3.8, 4) is 80.1 Å². The van der Waals surface area contributed by atoms with Crippen LogP contribution in [0.4, 0.5) is 0 Å². The molecule has 0 unspecified atom stereocenters. The highest BCUT2D eigenvalue weighted by Crippen LogP contribution is 2.41. The zero-order chi connectivity index (χ0) is 48.0. The molecule has 4 aromatic carbocycles. The maximum absolute atomic E-state index is 13.6. The fraction of sp³-hybridized carbons (Fsp3) is 0.302. The summed E-state index contributed by atoms with van der Waals surface area (Å²) in [5, 5.41) is 140. The first-order valence-corrected chi connectivity index (χ1v) is 19.5. The summed E-state index contributed by atoms with van der Waals surface area (Å²) < 4.78 is 38.2. The highest BCUT2D eigenvalue weighted by atomic mass is 16.7. The van der Waals surface area contributed by atoms with Gasteiger partial charge in [-0.3, -0.25) is 9.59 Å². The molecule has 352 valence electrons. The van der Waals surface area contributed by atoms with Gasteiger partial charge in [-0.25, -0.2) is 0 Å². The van der Waals surface area contributed by atoms with Gasteiger partial charge in [-0.1, -0.05) is 0 Å². The first-order valence-electron chi connectivity index (χ1n) is 19.5. The van der Waals surface area contributed by atoms with Crippen LogP contribution in [0.3, 0.4) is 0 Å². The molecule has 6 aromatic rings. The number of hydrogen-bond acceptors (Lipinski definition) is 23. The number of aromatic hydroxyl groups is 8. The average Bonchev–Trinajstić information content (AvgIpc) is 3.27. The van der Waals surface area contributed by atoms with Gasteiger partial charge in [-0.05, 0) is 43.3 Å². The number of methoxy groups -OCH3 is 1. The number of aliphatic hydroxyl groups excluding tert-OH is 6. The fourth-order valence-electron chi connectivity index (χ4n) is 7.13. The summed E-state index contributed by atoms with van der Waals surface area (Å²) >= 11 is 0. The monoisotopic (exact) mass is 926 g/mol. The summed E-state index contributed by atoms with van der Waals surface area (Å²) in [6, 6.07) is 11.5. The number of benzene rings is 4. The molecular weight excluding hydrogens is 884 g/mol. The van der Waals surface area contributed by atoms with Crippen molar-refractivity contribution < 1.29 is 104 Å². The maximum atomic E-state index is 13.6. The number of hydrogen-bond donors (Lipinski definition) is 14. The topological polar surface area (TPSA) is 390 Å². The minimum Gasteiger partial charge on any atom is -0.508 e. The molecule has 0 bridgehead atoms. The third-order valence-corrected chi connectivity index (χ3v) is 10.7. The SMILES string of the molecule is COc1cc(-c2oc3cc(O)cc(O)c3c(=O)c2O)ccc1O.C[C@@H]1O[C@@H](OC[C@H]2O[C@@H](Oc3c(-c4ccc(O)c(O)c4)oc4cc(O)cc(O)c4c3=O)[C@H](O)[C@@H](O)[C@@H]2O)[C@H](O)[C@H](O)[C@H]1O. The summed E-state index contributed by atoms with van der Waals surface area (Å²) in [5.41, 5.74) is -2.00.